The lowest BCUT2D eigenvalue weighted by Crippen LogP contribution is -2.13. The SMILES string of the molecule is C1=Cc2ccccc2ON1.C=C(C)C(=O)O. The molecule has 4 heteroatoms. The van der Waals surface area contributed by atoms with E-state index < -0.39 is 5.97 Å². The van der Waals surface area contributed by atoms with Gasteiger partial charge in [-0.05, 0) is 19.1 Å². The summed E-state index contributed by atoms with van der Waals surface area (Å²) in [7, 11) is 0. The summed E-state index contributed by atoms with van der Waals surface area (Å²) in [5.74, 6) is -0.0556. The number of nitrogens with one attached hydrogen (secondary N) is 1. The highest BCUT2D eigenvalue weighted by Crippen LogP contribution is 2.20. The van der Waals surface area contributed by atoms with Crippen LogP contribution >= 0.6 is 0 Å². The minimum absolute atomic E-state index is 0.176. The third-order valence-corrected chi connectivity index (χ3v) is 1.78. The van der Waals surface area contributed by atoms with E-state index in [1.165, 1.54) is 6.92 Å². The molecule has 0 spiro atoms. The van der Waals surface area contributed by atoms with Crippen LogP contribution in [0.4, 0.5) is 0 Å². The predicted octanol–water partition coefficient (Wildman–Crippen LogP) is 2.20. The van der Waals surface area contributed by atoms with Crippen molar-refractivity contribution in [1.82, 2.24) is 5.48 Å². The summed E-state index contributed by atoms with van der Waals surface area (Å²) in [6.45, 7) is 4.60. The van der Waals surface area contributed by atoms with Gasteiger partial charge in [-0.15, -0.1) is 0 Å². The molecule has 16 heavy (non-hydrogen) atoms. The Morgan fingerprint density at radius 3 is 2.62 bits per heavy atom. The number of hydrogen-bond acceptors (Lipinski definition) is 3. The minimum Gasteiger partial charge on any atom is -0.478 e. The maximum Gasteiger partial charge on any atom is 0.330 e. The molecule has 1 aliphatic rings. The first-order valence-corrected chi connectivity index (χ1v) is 4.68. The number of benzene rings is 1. The topological polar surface area (TPSA) is 58.6 Å². The van der Waals surface area contributed by atoms with E-state index in [1.807, 2.05) is 30.3 Å². The zero-order valence-electron chi connectivity index (χ0n) is 8.93. The Morgan fingerprint density at radius 1 is 1.44 bits per heavy atom. The van der Waals surface area contributed by atoms with E-state index in [0.717, 1.165) is 11.3 Å². The van der Waals surface area contributed by atoms with Crippen molar-refractivity contribution in [2.75, 3.05) is 0 Å². The van der Waals surface area contributed by atoms with Gasteiger partial charge in [0.1, 0.15) is 0 Å². The van der Waals surface area contributed by atoms with E-state index in [-0.39, 0.29) is 5.57 Å². The Hall–Kier alpha value is -2.23. The molecule has 1 aromatic rings. The van der Waals surface area contributed by atoms with E-state index in [2.05, 4.69) is 12.1 Å². The predicted molar refractivity (Wildman–Crippen MR) is 61.7 cm³/mol. The Kier molecular flexibility index (Phi) is 4.15. The fraction of sp³-hybridized carbons (Fsp3) is 0.0833. The number of carbonyl (C=O) groups is 1. The van der Waals surface area contributed by atoms with Crippen LogP contribution in [-0.2, 0) is 4.79 Å². The molecule has 0 amide bonds. The van der Waals surface area contributed by atoms with Crippen LogP contribution in [0, 0.1) is 0 Å². The third-order valence-electron chi connectivity index (χ3n) is 1.78. The quantitative estimate of drug-likeness (QED) is 0.711. The second-order valence-corrected chi connectivity index (χ2v) is 3.18. The molecule has 2 N–H and O–H groups in total. The van der Waals surface area contributed by atoms with E-state index in [9.17, 15) is 4.79 Å². The lowest BCUT2D eigenvalue weighted by Gasteiger charge is -2.11. The number of carboxylic acid groups (broad SMARTS) is 1. The van der Waals surface area contributed by atoms with Crippen LogP contribution in [0.3, 0.4) is 0 Å². The fourth-order valence-corrected chi connectivity index (χ4v) is 0.932. The van der Waals surface area contributed by atoms with Gasteiger partial charge in [0, 0.05) is 17.3 Å². The molecule has 0 radical (unpaired) electrons. The summed E-state index contributed by atoms with van der Waals surface area (Å²) in [6.07, 6.45) is 3.74. The molecule has 0 bridgehead atoms. The van der Waals surface area contributed by atoms with Gasteiger partial charge in [0.2, 0.25) is 0 Å². The van der Waals surface area contributed by atoms with Gasteiger partial charge in [0.25, 0.3) is 0 Å². The Morgan fingerprint density at radius 2 is 2.06 bits per heavy atom. The highest BCUT2D eigenvalue weighted by atomic mass is 16.6. The van der Waals surface area contributed by atoms with Gasteiger partial charge in [-0.1, -0.05) is 24.8 Å². The lowest BCUT2D eigenvalue weighted by molar-refractivity contribution is -0.132. The molecule has 0 unspecified atom stereocenters. The van der Waals surface area contributed by atoms with Gasteiger partial charge >= 0.3 is 5.97 Å². The van der Waals surface area contributed by atoms with Gasteiger partial charge in [0.05, 0.1) is 0 Å². The van der Waals surface area contributed by atoms with E-state index >= 15 is 0 Å². The van der Waals surface area contributed by atoms with Gasteiger partial charge in [0.15, 0.2) is 5.75 Å². The molecule has 4 nitrogen and oxygen atoms in total. The number of hydrogen-bond donors (Lipinski definition) is 2. The summed E-state index contributed by atoms with van der Waals surface area (Å²) >= 11 is 0. The number of carboxylic acids is 1. The molecule has 1 aliphatic heterocycles. The monoisotopic (exact) mass is 219 g/mol. The van der Waals surface area contributed by atoms with Gasteiger partial charge in [-0.3, -0.25) is 0 Å². The van der Waals surface area contributed by atoms with Crippen LogP contribution in [0.1, 0.15) is 12.5 Å². The molecule has 0 atom stereocenters. The van der Waals surface area contributed by atoms with Crippen molar-refractivity contribution in [3.63, 3.8) is 0 Å². The van der Waals surface area contributed by atoms with E-state index in [0.29, 0.717) is 0 Å². The summed E-state index contributed by atoms with van der Waals surface area (Å²) in [6, 6.07) is 7.86. The van der Waals surface area contributed by atoms with Crippen LogP contribution in [0.15, 0.2) is 42.6 Å². The van der Waals surface area contributed by atoms with Crippen molar-refractivity contribution >= 4 is 12.0 Å². The van der Waals surface area contributed by atoms with Crippen LogP contribution in [-0.4, -0.2) is 11.1 Å². The average Bonchev–Trinajstić information content (AvgIpc) is 2.30. The fourth-order valence-electron chi connectivity index (χ4n) is 0.932. The molecule has 0 saturated heterocycles. The molecule has 0 aromatic heterocycles. The number of aliphatic carboxylic acids is 1. The Labute approximate surface area is 93.8 Å². The van der Waals surface area contributed by atoms with Crippen LogP contribution in [0.25, 0.3) is 6.08 Å². The molecule has 0 saturated carbocycles. The van der Waals surface area contributed by atoms with Crippen LogP contribution < -0.4 is 10.3 Å². The first-order valence-electron chi connectivity index (χ1n) is 4.68. The molecule has 1 heterocycles. The van der Waals surface area contributed by atoms with Gasteiger partial charge in [-0.2, -0.15) is 0 Å². The first-order chi connectivity index (χ1) is 7.61. The highest BCUT2D eigenvalue weighted by molar-refractivity contribution is 5.84. The maximum absolute atomic E-state index is 9.60. The summed E-state index contributed by atoms with van der Waals surface area (Å²) in [5.41, 5.74) is 3.95. The van der Waals surface area contributed by atoms with Crippen molar-refractivity contribution in [2.45, 2.75) is 6.92 Å². The first kappa shape index (κ1) is 11.8. The second-order valence-electron chi connectivity index (χ2n) is 3.18. The highest BCUT2D eigenvalue weighted by Gasteiger charge is 2.01. The van der Waals surface area contributed by atoms with Gasteiger partial charge < -0.3 is 9.94 Å². The average molecular weight is 219 g/mol. The Balaban J connectivity index is 0.000000187. The van der Waals surface area contributed by atoms with Crippen LogP contribution in [0.2, 0.25) is 0 Å². The number of rotatable bonds is 1. The second kappa shape index (κ2) is 5.60. The number of para-hydroxylation sites is 1. The summed E-state index contributed by atoms with van der Waals surface area (Å²) in [4.78, 5) is 14.7. The smallest absolute Gasteiger partial charge is 0.330 e. The van der Waals surface area contributed by atoms with Crippen molar-refractivity contribution in [3.05, 3.63) is 48.2 Å². The number of fused-ring (bicyclic) bond motifs is 1. The van der Waals surface area contributed by atoms with Crippen LogP contribution in [0.5, 0.6) is 5.75 Å². The minimum atomic E-state index is -0.935. The summed E-state index contributed by atoms with van der Waals surface area (Å²) < 4.78 is 0. The molecule has 1 aromatic carbocycles. The Bertz CT molecular complexity index is 412. The molecule has 0 fully saturated rings. The number of hydroxylamine groups is 1. The largest absolute Gasteiger partial charge is 0.478 e. The molecule has 0 aliphatic carbocycles. The van der Waals surface area contributed by atoms with Crippen molar-refractivity contribution < 1.29 is 14.7 Å². The normalized spacial score (nSPS) is 11.1. The molecular weight excluding hydrogens is 206 g/mol. The van der Waals surface area contributed by atoms with Crippen molar-refractivity contribution in [2.24, 2.45) is 0 Å². The van der Waals surface area contributed by atoms with E-state index in [4.69, 9.17) is 9.94 Å². The van der Waals surface area contributed by atoms with Crippen molar-refractivity contribution in [3.8, 4) is 5.75 Å². The van der Waals surface area contributed by atoms with Gasteiger partial charge in [-0.25, -0.2) is 10.3 Å². The molecule has 2 rings (SSSR count). The molecular formula is C12H13NO3. The molecule has 84 valence electrons. The van der Waals surface area contributed by atoms with Crippen molar-refractivity contribution in [1.29, 1.82) is 0 Å². The third kappa shape index (κ3) is 3.49. The lowest BCUT2D eigenvalue weighted by atomic mass is 10.2. The zero-order chi connectivity index (χ0) is 12.0. The standard InChI is InChI=1S/C8H7NO.C4H6O2/c1-2-4-8-7(3-1)5-6-9-10-8;1-3(2)4(5)6/h1-6,9H;1H2,2H3,(H,5,6). The zero-order valence-corrected chi connectivity index (χ0v) is 8.93. The maximum atomic E-state index is 9.60. The van der Waals surface area contributed by atoms with E-state index in [1.54, 1.807) is 6.20 Å². The summed E-state index contributed by atoms with van der Waals surface area (Å²) in [5, 5.41) is 7.89.